The van der Waals surface area contributed by atoms with E-state index in [1.807, 2.05) is 72.9 Å². The summed E-state index contributed by atoms with van der Waals surface area (Å²) in [6.07, 6.45) is 75.3. The zero-order valence-corrected chi connectivity index (χ0v) is 41.9. The maximum absolute atomic E-state index is 12.8. The van der Waals surface area contributed by atoms with Crippen molar-refractivity contribution in [2.45, 2.75) is 200 Å². The topological polar surface area (TPSA) is 78.9 Å². The van der Waals surface area contributed by atoms with Crippen LogP contribution in [0.2, 0.25) is 0 Å². The molecule has 6 nitrogen and oxygen atoms in total. The molecule has 0 spiro atoms. The van der Waals surface area contributed by atoms with Crippen molar-refractivity contribution >= 4 is 17.9 Å². The van der Waals surface area contributed by atoms with Crippen molar-refractivity contribution in [2.75, 3.05) is 13.2 Å². The molecule has 0 saturated carbocycles. The highest BCUT2D eigenvalue weighted by Gasteiger charge is 2.19. The van der Waals surface area contributed by atoms with Crippen molar-refractivity contribution in [3.8, 4) is 0 Å². The first-order chi connectivity index (χ1) is 32.5. The Kier molecular flexibility index (Phi) is 49.1. The lowest BCUT2D eigenvalue weighted by Gasteiger charge is -2.18. The molecule has 0 aromatic rings. The lowest BCUT2D eigenvalue weighted by atomic mass is 10.1. The second-order valence-electron chi connectivity index (χ2n) is 16.6. The van der Waals surface area contributed by atoms with Crippen molar-refractivity contribution in [2.24, 2.45) is 0 Å². The molecule has 0 amide bonds. The van der Waals surface area contributed by atoms with E-state index in [1.54, 1.807) is 0 Å². The Morgan fingerprint density at radius 3 is 1.05 bits per heavy atom. The van der Waals surface area contributed by atoms with Crippen LogP contribution in [0.5, 0.6) is 0 Å². The van der Waals surface area contributed by atoms with E-state index in [9.17, 15) is 14.4 Å². The molecular weight excluding hydrogens is 817 g/mol. The lowest BCUT2D eigenvalue weighted by molar-refractivity contribution is -0.167. The quantitative estimate of drug-likeness (QED) is 0.0199. The minimum absolute atomic E-state index is 0.111. The summed E-state index contributed by atoms with van der Waals surface area (Å²) in [5.41, 5.74) is 0. The summed E-state index contributed by atoms with van der Waals surface area (Å²) < 4.78 is 16.7. The number of hydrogen-bond acceptors (Lipinski definition) is 6. The second-order valence-corrected chi connectivity index (χ2v) is 16.6. The molecule has 368 valence electrons. The highest BCUT2D eigenvalue weighted by Crippen LogP contribution is 2.13. The molecule has 6 heteroatoms. The average Bonchev–Trinajstić information content (AvgIpc) is 3.31. The molecule has 66 heavy (non-hydrogen) atoms. The van der Waals surface area contributed by atoms with E-state index in [0.717, 1.165) is 141 Å². The third-order valence-electron chi connectivity index (χ3n) is 10.3. The predicted molar refractivity (Wildman–Crippen MR) is 283 cm³/mol. The molecule has 0 aliphatic rings. The van der Waals surface area contributed by atoms with Gasteiger partial charge in [-0.2, -0.15) is 0 Å². The lowest BCUT2D eigenvalue weighted by Crippen LogP contribution is -2.30. The zero-order chi connectivity index (χ0) is 47.9. The Morgan fingerprint density at radius 1 is 0.333 bits per heavy atom. The standard InChI is InChI=1S/C60H92O6/c1-4-7-10-13-16-19-22-25-27-29-31-33-35-38-41-44-47-50-53-59(62)65-56-57(55-64-58(61)52-49-46-43-40-37-24-21-18-15-12-9-6-3)66-60(63)54-51-48-45-42-39-36-34-32-30-28-26-23-20-17-14-11-8-5-2/h9-14,16-23,25-34,57H,4-8,15,24,35-56H2,1-3H3/b12-9-,13-10-,14-11-,19-16-,20-17-,21-18-,25-22-,26-23-,29-27-,30-28-,33-31-,34-32-. The molecule has 0 aromatic carbocycles. The van der Waals surface area contributed by atoms with Crippen LogP contribution in [0.3, 0.4) is 0 Å². The van der Waals surface area contributed by atoms with Gasteiger partial charge >= 0.3 is 17.9 Å². The Labute approximate surface area is 404 Å². The van der Waals surface area contributed by atoms with E-state index in [1.165, 1.54) is 12.8 Å². The molecule has 0 N–H and O–H groups in total. The molecule has 0 saturated heterocycles. The summed E-state index contributed by atoms with van der Waals surface area (Å²) in [5.74, 6) is -0.987. The maximum Gasteiger partial charge on any atom is 0.306 e. The number of carbonyl (C=O) groups excluding carboxylic acids is 3. The Balaban J connectivity index is 4.55. The highest BCUT2D eigenvalue weighted by molar-refractivity contribution is 5.71. The number of allylic oxidation sites excluding steroid dienone is 24. The summed E-state index contributed by atoms with van der Waals surface area (Å²) >= 11 is 0. The first-order valence-electron chi connectivity index (χ1n) is 26.0. The van der Waals surface area contributed by atoms with Crippen molar-refractivity contribution in [3.05, 3.63) is 146 Å². The van der Waals surface area contributed by atoms with E-state index in [-0.39, 0.29) is 37.5 Å². The molecule has 0 rings (SSSR count). The molecule has 0 aliphatic carbocycles. The van der Waals surface area contributed by atoms with E-state index in [2.05, 4.69) is 93.7 Å². The van der Waals surface area contributed by atoms with E-state index in [4.69, 9.17) is 14.2 Å². The second kappa shape index (κ2) is 52.9. The van der Waals surface area contributed by atoms with Gasteiger partial charge in [0, 0.05) is 19.3 Å². The number of unbranched alkanes of at least 4 members (excludes halogenated alkanes) is 17. The fraction of sp³-hybridized carbons (Fsp3) is 0.550. The van der Waals surface area contributed by atoms with Gasteiger partial charge in [-0.3, -0.25) is 14.4 Å². The third kappa shape index (κ3) is 50.3. The number of esters is 3. The fourth-order valence-electron chi connectivity index (χ4n) is 6.42. The molecule has 0 heterocycles. The molecule has 0 radical (unpaired) electrons. The van der Waals surface area contributed by atoms with E-state index >= 15 is 0 Å². The van der Waals surface area contributed by atoms with Gasteiger partial charge in [0.25, 0.3) is 0 Å². The van der Waals surface area contributed by atoms with Crippen molar-refractivity contribution < 1.29 is 28.6 Å². The van der Waals surface area contributed by atoms with E-state index < -0.39 is 6.10 Å². The van der Waals surface area contributed by atoms with Gasteiger partial charge < -0.3 is 14.2 Å². The first-order valence-corrected chi connectivity index (χ1v) is 26.0. The number of hydrogen-bond donors (Lipinski definition) is 0. The van der Waals surface area contributed by atoms with Crippen LogP contribution < -0.4 is 0 Å². The average molecular weight is 909 g/mol. The summed E-state index contributed by atoms with van der Waals surface area (Å²) in [6.45, 7) is 6.27. The molecule has 0 bridgehead atoms. The van der Waals surface area contributed by atoms with Gasteiger partial charge in [0.05, 0.1) is 0 Å². The molecule has 1 unspecified atom stereocenters. The minimum Gasteiger partial charge on any atom is -0.462 e. The Bertz CT molecular complexity index is 1510. The Hall–Kier alpha value is -4.71. The molecule has 0 aliphatic heterocycles. The number of carbonyl (C=O) groups is 3. The van der Waals surface area contributed by atoms with E-state index in [0.29, 0.717) is 12.8 Å². The number of rotatable bonds is 44. The van der Waals surface area contributed by atoms with Crippen molar-refractivity contribution in [1.29, 1.82) is 0 Å². The van der Waals surface area contributed by atoms with Gasteiger partial charge in [-0.25, -0.2) is 0 Å². The third-order valence-corrected chi connectivity index (χ3v) is 10.3. The van der Waals surface area contributed by atoms with Crippen LogP contribution in [0.25, 0.3) is 0 Å². The molecular formula is C60H92O6. The van der Waals surface area contributed by atoms with Gasteiger partial charge in [0.2, 0.25) is 0 Å². The van der Waals surface area contributed by atoms with Gasteiger partial charge in [-0.05, 0) is 83.5 Å². The minimum atomic E-state index is -0.815. The fourth-order valence-corrected chi connectivity index (χ4v) is 6.42. The normalized spacial score (nSPS) is 13.3. The van der Waals surface area contributed by atoms with Crippen LogP contribution in [0.15, 0.2) is 146 Å². The maximum atomic E-state index is 12.8. The van der Waals surface area contributed by atoms with Crippen molar-refractivity contribution in [1.82, 2.24) is 0 Å². The van der Waals surface area contributed by atoms with Crippen LogP contribution in [-0.4, -0.2) is 37.2 Å². The predicted octanol–water partition coefficient (Wildman–Crippen LogP) is 17.3. The highest BCUT2D eigenvalue weighted by atomic mass is 16.6. The smallest absolute Gasteiger partial charge is 0.306 e. The van der Waals surface area contributed by atoms with Gasteiger partial charge in [-0.15, -0.1) is 0 Å². The van der Waals surface area contributed by atoms with Gasteiger partial charge in [0.15, 0.2) is 6.10 Å². The zero-order valence-electron chi connectivity index (χ0n) is 41.9. The molecule has 0 fully saturated rings. The van der Waals surface area contributed by atoms with Crippen LogP contribution in [0, 0.1) is 0 Å². The Morgan fingerprint density at radius 2 is 0.652 bits per heavy atom. The van der Waals surface area contributed by atoms with Crippen LogP contribution in [0.4, 0.5) is 0 Å². The monoisotopic (exact) mass is 909 g/mol. The van der Waals surface area contributed by atoms with Crippen LogP contribution >= 0.6 is 0 Å². The largest absolute Gasteiger partial charge is 0.462 e. The molecule has 1 atom stereocenters. The van der Waals surface area contributed by atoms with Crippen LogP contribution in [0.1, 0.15) is 194 Å². The first kappa shape index (κ1) is 61.3. The van der Waals surface area contributed by atoms with Gasteiger partial charge in [0.1, 0.15) is 13.2 Å². The number of ether oxygens (including phenoxy) is 3. The van der Waals surface area contributed by atoms with Gasteiger partial charge in [-0.1, -0.05) is 237 Å². The summed E-state index contributed by atoms with van der Waals surface area (Å²) in [6, 6.07) is 0. The summed E-state index contributed by atoms with van der Waals surface area (Å²) in [4.78, 5) is 38.0. The van der Waals surface area contributed by atoms with Crippen LogP contribution in [-0.2, 0) is 28.6 Å². The summed E-state index contributed by atoms with van der Waals surface area (Å²) in [5, 5.41) is 0. The van der Waals surface area contributed by atoms with Crippen molar-refractivity contribution in [3.63, 3.8) is 0 Å². The molecule has 0 aromatic heterocycles. The summed E-state index contributed by atoms with van der Waals surface area (Å²) in [7, 11) is 0. The SMILES string of the molecule is CC/C=C\C/C=C\CCCCCCCC(=O)OCC(COC(=O)CCCCCCC\C=C/C=C\C=C/C=C\C=C/CCC)OC(=O)CCCCCCC\C=C/C=C\C=C/C=C\C=C/CCC.